The standard InChI is InChI=1S/C16H14FN3O3S2/c1-20(25(2,22)23)13-6-4-3-5-11(13)15(21)19-16-18-12-8-7-10(17)9-14(12)24-16/h3-9H,1-2H3,(H,18,19,21). The van der Waals surface area contributed by atoms with Crippen LogP contribution in [0, 0.1) is 5.82 Å². The summed E-state index contributed by atoms with van der Waals surface area (Å²) in [6.07, 6.45) is 1.06. The molecule has 9 heteroatoms. The van der Waals surface area contributed by atoms with Crippen LogP contribution in [-0.2, 0) is 10.0 Å². The van der Waals surface area contributed by atoms with E-state index in [-0.39, 0.29) is 17.1 Å². The van der Waals surface area contributed by atoms with Gasteiger partial charge < -0.3 is 0 Å². The third-order valence-electron chi connectivity index (χ3n) is 3.56. The number of nitrogens with zero attached hydrogens (tertiary/aromatic N) is 2. The highest BCUT2D eigenvalue weighted by Gasteiger charge is 2.20. The van der Waals surface area contributed by atoms with Crippen molar-refractivity contribution >= 4 is 48.3 Å². The fraction of sp³-hybridized carbons (Fsp3) is 0.125. The van der Waals surface area contributed by atoms with Crippen LogP contribution in [0.4, 0.5) is 15.2 Å². The molecule has 3 rings (SSSR count). The van der Waals surface area contributed by atoms with Gasteiger partial charge in [0.05, 0.1) is 27.7 Å². The smallest absolute Gasteiger partial charge is 0.259 e. The van der Waals surface area contributed by atoms with Crippen molar-refractivity contribution < 1.29 is 17.6 Å². The Morgan fingerprint density at radius 3 is 2.68 bits per heavy atom. The SMILES string of the molecule is CN(c1ccccc1C(=O)Nc1nc2ccc(F)cc2s1)S(C)(=O)=O. The maximum atomic E-state index is 13.3. The van der Waals surface area contributed by atoms with E-state index in [0.717, 1.165) is 21.9 Å². The Labute approximate surface area is 148 Å². The number of nitrogens with one attached hydrogen (secondary N) is 1. The molecule has 0 saturated carbocycles. The molecule has 3 aromatic rings. The molecular formula is C16H14FN3O3S2. The molecule has 1 N–H and O–H groups in total. The molecule has 1 aromatic heterocycles. The van der Waals surface area contributed by atoms with Gasteiger partial charge in [-0.25, -0.2) is 17.8 Å². The van der Waals surface area contributed by atoms with Crippen LogP contribution in [0.1, 0.15) is 10.4 Å². The molecule has 2 aromatic carbocycles. The first-order chi connectivity index (χ1) is 11.8. The molecule has 25 heavy (non-hydrogen) atoms. The molecular weight excluding hydrogens is 365 g/mol. The lowest BCUT2D eigenvalue weighted by Crippen LogP contribution is -2.27. The normalized spacial score (nSPS) is 11.5. The zero-order valence-electron chi connectivity index (χ0n) is 13.4. The summed E-state index contributed by atoms with van der Waals surface area (Å²) in [6, 6.07) is 10.5. The van der Waals surface area contributed by atoms with Crippen LogP contribution in [0.2, 0.25) is 0 Å². The third-order valence-corrected chi connectivity index (χ3v) is 5.68. The van der Waals surface area contributed by atoms with Gasteiger partial charge in [-0.1, -0.05) is 23.5 Å². The predicted octanol–water partition coefficient (Wildman–Crippen LogP) is 3.08. The third kappa shape index (κ3) is 3.62. The van der Waals surface area contributed by atoms with Crippen molar-refractivity contribution in [3.05, 3.63) is 53.8 Å². The van der Waals surface area contributed by atoms with E-state index < -0.39 is 15.9 Å². The Bertz CT molecular complexity index is 1060. The highest BCUT2D eigenvalue weighted by molar-refractivity contribution is 7.92. The van der Waals surface area contributed by atoms with Crippen LogP contribution in [0.25, 0.3) is 10.2 Å². The van der Waals surface area contributed by atoms with Crippen LogP contribution in [0.3, 0.4) is 0 Å². The lowest BCUT2D eigenvalue weighted by atomic mass is 10.1. The first-order valence-corrected chi connectivity index (χ1v) is 9.82. The summed E-state index contributed by atoms with van der Waals surface area (Å²) in [6.45, 7) is 0. The Morgan fingerprint density at radius 2 is 1.96 bits per heavy atom. The van der Waals surface area contributed by atoms with Gasteiger partial charge in [0, 0.05) is 7.05 Å². The number of anilines is 2. The van der Waals surface area contributed by atoms with Gasteiger partial charge in [0.25, 0.3) is 5.91 Å². The number of carbonyl (C=O) groups excluding carboxylic acids is 1. The van der Waals surface area contributed by atoms with Gasteiger partial charge in [-0.15, -0.1) is 0 Å². The highest BCUT2D eigenvalue weighted by Crippen LogP contribution is 2.28. The van der Waals surface area contributed by atoms with Crippen molar-refractivity contribution in [2.75, 3.05) is 22.9 Å². The van der Waals surface area contributed by atoms with Crippen LogP contribution < -0.4 is 9.62 Å². The molecule has 0 aliphatic carbocycles. The molecule has 0 bridgehead atoms. The summed E-state index contributed by atoms with van der Waals surface area (Å²) in [5.41, 5.74) is 1.03. The number of hydrogen-bond donors (Lipinski definition) is 1. The van der Waals surface area contributed by atoms with E-state index in [4.69, 9.17) is 0 Å². The molecule has 0 radical (unpaired) electrons. The van der Waals surface area contributed by atoms with E-state index >= 15 is 0 Å². The number of hydrogen-bond acceptors (Lipinski definition) is 5. The molecule has 0 aliphatic rings. The molecule has 0 spiro atoms. The van der Waals surface area contributed by atoms with Crippen LogP contribution in [0.15, 0.2) is 42.5 Å². The van der Waals surface area contributed by atoms with Gasteiger partial charge in [0.2, 0.25) is 10.0 Å². The van der Waals surface area contributed by atoms with E-state index in [2.05, 4.69) is 10.3 Å². The number of aromatic nitrogens is 1. The molecule has 6 nitrogen and oxygen atoms in total. The quantitative estimate of drug-likeness (QED) is 0.755. The summed E-state index contributed by atoms with van der Waals surface area (Å²) < 4.78 is 38.4. The maximum absolute atomic E-state index is 13.3. The lowest BCUT2D eigenvalue weighted by molar-refractivity contribution is 0.102. The number of halogens is 1. The fourth-order valence-electron chi connectivity index (χ4n) is 2.24. The first kappa shape index (κ1) is 17.3. The van der Waals surface area contributed by atoms with E-state index in [1.54, 1.807) is 18.2 Å². The van der Waals surface area contributed by atoms with Crippen molar-refractivity contribution in [3.63, 3.8) is 0 Å². The molecule has 0 unspecified atom stereocenters. The van der Waals surface area contributed by atoms with Crippen molar-refractivity contribution in [2.45, 2.75) is 0 Å². The van der Waals surface area contributed by atoms with Crippen molar-refractivity contribution in [1.82, 2.24) is 4.98 Å². The molecule has 0 fully saturated rings. The van der Waals surface area contributed by atoms with Crippen LogP contribution >= 0.6 is 11.3 Å². The number of sulfonamides is 1. The number of carbonyl (C=O) groups is 1. The largest absolute Gasteiger partial charge is 0.298 e. The van der Waals surface area contributed by atoms with Gasteiger partial charge in [-0.3, -0.25) is 14.4 Å². The number of benzene rings is 2. The van der Waals surface area contributed by atoms with Crippen molar-refractivity contribution in [2.24, 2.45) is 0 Å². The van der Waals surface area contributed by atoms with Gasteiger partial charge in [0.1, 0.15) is 5.82 Å². The number of thiazole rings is 1. The minimum atomic E-state index is -3.51. The van der Waals surface area contributed by atoms with Crippen molar-refractivity contribution in [1.29, 1.82) is 0 Å². The van der Waals surface area contributed by atoms with E-state index in [0.29, 0.717) is 15.3 Å². The first-order valence-electron chi connectivity index (χ1n) is 7.16. The zero-order valence-corrected chi connectivity index (χ0v) is 15.0. The molecule has 130 valence electrons. The molecule has 0 atom stereocenters. The molecule has 0 saturated heterocycles. The van der Waals surface area contributed by atoms with Gasteiger partial charge in [0.15, 0.2) is 5.13 Å². The summed E-state index contributed by atoms with van der Waals surface area (Å²) in [7, 11) is -2.13. The predicted molar refractivity (Wildman–Crippen MR) is 97.2 cm³/mol. The minimum absolute atomic E-state index is 0.195. The van der Waals surface area contributed by atoms with E-state index in [9.17, 15) is 17.6 Å². The van der Waals surface area contributed by atoms with Crippen LogP contribution in [0.5, 0.6) is 0 Å². The minimum Gasteiger partial charge on any atom is -0.298 e. The Hall–Kier alpha value is -2.52. The van der Waals surface area contributed by atoms with Gasteiger partial charge in [-0.05, 0) is 30.3 Å². The van der Waals surface area contributed by atoms with Crippen LogP contribution in [-0.4, -0.2) is 32.6 Å². The molecule has 1 heterocycles. The monoisotopic (exact) mass is 379 g/mol. The number of amides is 1. The second kappa shape index (κ2) is 6.41. The van der Waals surface area contributed by atoms with Gasteiger partial charge in [-0.2, -0.15) is 0 Å². The molecule has 1 amide bonds. The van der Waals surface area contributed by atoms with E-state index in [1.165, 1.54) is 31.3 Å². The summed E-state index contributed by atoms with van der Waals surface area (Å²) in [5.74, 6) is -0.875. The van der Waals surface area contributed by atoms with Crippen molar-refractivity contribution in [3.8, 4) is 0 Å². The summed E-state index contributed by atoms with van der Waals surface area (Å²) in [4.78, 5) is 16.8. The lowest BCUT2D eigenvalue weighted by Gasteiger charge is -2.19. The highest BCUT2D eigenvalue weighted by atomic mass is 32.2. The Balaban J connectivity index is 1.93. The summed E-state index contributed by atoms with van der Waals surface area (Å²) >= 11 is 1.14. The van der Waals surface area contributed by atoms with E-state index in [1.807, 2.05) is 0 Å². The second-order valence-corrected chi connectivity index (χ2v) is 8.38. The number of rotatable bonds is 4. The average Bonchev–Trinajstić information content (AvgIpc) is 2.94. The Kier molecular flexibility index (Phi) is 4.44. The topological polar surface area (TPSA) is 79.4 Å². The average molecular weight is 379 g/mol. The maximum Gasteiger partial charge on any atom is 0.259 e. The fourth-order valence-corrected chi connectivity index (χ4v) is 3.64. The second-order valence-electron chi connectivity index (χ2n) is 5.33. The molecule has 0 aliphatic heterocycles. The number of para-hydroxylation sites is 1. The zero-order chi connectivity index (χ0) is 18.2. The van der Waals surface area contributed by atoms with Gasteiger partial charge >= 0.3 is 0 Å². The number of fused-ring (bicyclic) bond motifs is 1. The summed E-state index contributed by atoms with van der Waals surface area (Å²) in [5, 5.41) is 2.95. The Morgan fingerprint density at radius 1 is 1.24 bits per heavy atom.